The van der Waals surface area contributed by atoms with Gasteiger partial charge in [0.05, 0.1) is 17.3 Å². The van der Waals surface area contributed by atoms with Gasteiger partial charge in [-0.2, -0.15) is 0 Å². The predicted octanol–water partition coefficient (Wildman–Crippen LogP) is 3.10. The largest absolute Gasteiger partial charge is 0.465 e. The molecule has 0 saturated heterocycles. The normalized spacial score (nSPS) is 10.6. The number of aromatic nitrogens is 1. The van der Waals surface area contributed by atoms with Crippen LogP contribution < -0.4 is 5.32 Å². The Balaban J connectivity index is 2.93. The van der Waals surface area contributed by atoms with Gasteiger partial charge in [-0.1, -0.05) is 0 Å². The Morgan fingerprint density at radius 2 is 2.11 bits per heavy atom. The first-order valence-corrected chi connectivity index (χ1v) is 6.02. The van der Waals surface area contributed by atoms with Gasteiger partial charge in [0.2, 0.25) is 0 Å². The molecule has 0 atom stereocenters. The van der Waals surface area contributed by atoms with E-state index in [0.717, 1.165) is 6.07 Å². The van der Waals surface area contributed by atoms with Gasteiger partial charge in [0.25, 0.3) is 0 Å². The summed E-state index contributed by atoms with van der Waals surface area (Å²) in [7, 11) is 2.75. The van der Waals surface area contributed by atoms with E-state index in [0.29, 0.717) is 0 Å². The van der Waals surface area contributed by atoms with E-state index in [9.17, 15) is 13.6 Å². The minimum atomic E-state index is -0.802. The highest BCUT2D eigenvalue weighted by molar-refractivity contribution is 9.10. The number of esters is 1. The third-order valence-electron chi connectivity index (χ3n) is 2.64. The maximum Gasteiger partial charge on any atom is 0.341 e. The van der Waals surface area contributed by atoms with Crippen molar-refractivity contribution in [3.8, 4) is 0 Å². The number of fused-ring (bicyclic) bond motifs is 1. The fraction of sp³-hybridized carbons (Fsp3) is 0.167. The quantitative estimate of drug-likeness (QED) is 0.679. The lowest BCUT2D eigenvalue weighted by Gasteiger charge is -2.12. The van der Waals surface area contributed by atoms with Crippen LogP contribution in [0.15, 0.2) is 16.7 Å². The van der Waals surface area contributed by atoms with E-state index in [1.807, 2.05) is 0 Å². The van der Waals surface area contributed by atoms with Gasteiger partial charge in [0.15, 0.2) is 5.82 Å². The Morgan fingerprint density at radius 3 is 2.68 bits per heavy atom. The van der Waals surface area contributed by atoms with Crippen molar-refractivity contribution in [3.63, 3.8) is 0 Å². The molecule has 0 aliphatic rings. The van der Waals surface area contributed by atoms with Crippen LogP contribution in [0.1, 0.15) is 10.4 Å². The van der Waals surface area contributed by atoms with Crippen molar-refractivity contribution >= 4 is 38.5 Å². The lowest BCUT2D eigenvalue weighted by molar-refractivity contribution is 0.0601. The number of anilines is 1. The maximum absolute atomic E-state index is 13.7. The number of halogens is 3. The number of pyridine rings is 1. The summed E-state index contributed by atoms with van der Waals surface area (Å²) in [6.45, 7) is 0. The molecule has 1 N–H and O–H groups in total. The zero-order valence-corrected chi connectivity index (χ0v) is 11.6. The molecule has 2 rings (SSSR count). The Kier molecular flexibility index (Phi) is 3.66. The van der Waals surface area contributed by atoms with E-state index in [1.54, 1.807) is 0 Å². The summed E-state index contributed by atoms with van der Waals surface area (Å²) in [4.78, 5) is 15.5. The summed E-state index contributed by atoms with van der Waals surface area (Å²) in [5.41, 5.74) is 0.315. The number of rotatable bonds is 2. The third kappa shape index (κ3) is 2.14. The minimum Gasteiger partial charge on any atom is -0.465 e. The molecule has 0 unspecified atom stereocenters. The molecule has 100 valence electrons. The molecule has 1 heterocycles. The van der Waals surface area contributed by atoms with Gasteiger partial charge in [0.1, 0.15) is 16.9 Å². The molecular weight excluding hydrogens is 322 g/mol. The van der Waals surface area contributed by atoms with Crippen LogP contribution >= 0.6 is 15.9 Å². The van der Waals surface area contributed by atoms with Gasteiger partial charge in [-0.15, -0.1) is 0 Å². The van der Waals surface area contributed by atoms with Gasteiger partial charge in [0, 0.05) is 24.7 Å². The lowest BCUT2D eigenvalue weighted by atomic mass is 10.1. The Morgan fingerprint density at radius 1 is 1.42 bits per heavy atom. The molecule has 0 aliphatic carbocycles. The number of nitrogens with zero attached hydrogens (tertiary/aromatic N) is 1. The Labute approximate surface area is 115 Å². The van der Waals surface area contributed by atoms with Crippen LogP contribution in [-0.4, -0.2) is 25.1 Å². The third-order valence-corrected chi connectivity index (χ3v) is 3.42. The zero-order valence-electron chi connectivity index (χ0n) is 10.1. The monoisotopic (exact) mass is 330 g/mol. The number of carbonyl (C=O) groups is 1. The smallest absolute Gasteiger partial charge is 0.341 e. The minimum absolute atomic E-state index is 0.0338. The summed E-state index contributed by atoms with van der Waals surface area (Å²) in [5, 5.41) is 2.90. The first-order chi connectivity index (χ1) is 9.01. The Hall–Kier alpha value is -1.76. The predicted molar refractivity (Wildman–Crippen MR) is 70.2 cm³/mol. The first kappa shape index (κ1) is 13.7. The average molecular weight is 331 g/mol. The molecule has 0 spiro atoms. The van der Waals surface area contributed by atoms with Crippen LogP contribution in [0.2, 0.25) is 0 Å². The number of carbonyl (C=O) groups excluding carboxylic acids is 1. The van der Waals surface area contributed by atoms with Crippen molar-refractivity contribution in [2.24, 2.45) is 0 Å². The van der Waals surface area contributed by atoms with Crippen LogP contribution in [-0.2, 0) is 4.74 Å². The zero-order chi connectivity index (χ0) is 14.2. The summed E-state index contributed by atoms with van der Waals surface area (Å²) in [6, 6.07) is 0.733. The van der Waals surface area contributed by atoms with E-state index >= 15 is 0 Å². The van der Waals surface area contributed by atoms with Crippen molar-refractivity contribution in [1.82, 2.24) is 4.98 Å². The lowest BCUT2D eigenvalue weighted by Crippen LogP contribution is -2.08. The number of hydrogen-bond acceptors (Lipinski definition) is 4. The number of ether oxygens (including phenoxy) is 1. The molecule has 1 aromatic carbocycles. The van der Waals surface area contributed by atoms with Crippen molar-refractivity contribution in [1.29, 1.82) is 0 Å². The number of methoxy groups -OCH3 is 1. The van der Waals surface area contributed by atoms with Gasteiger partial charge in [-0.3, -0.25) is 4.98 Å². The fourth-order valence-electron chi connectivity index (χ4n) is 1.79. The summed E-state index contributed by atoms with van der Waals surface area (Å²) < 4.78 is 31.9. The average Bonchev–Trinajstić information content (AvgIpc) is 2.42. The van der Waals surface area contributed by atoms with Crippen molar-refractivity contribution in [3.05, 3.63) is 33.9 Å². The fourth-order valence-corrected chi connectivity index (χ4v) is 2.29. The summed E-state index contributed by atoms with van der Waals surface area (Å²) in [5.74, 6) is -2.22. The van der Waals surface area contributed by atoms with Crippen LogP contribution in [0.3, 0.4) is 0 Å². The number of benzene rings is 1. The van der Waals surface area contributed by atoms with E-state index < -0.39 is 17.6 Å². The van der Waals surface area contributed by atoms with Crippen LogP contribution in [0.5, 0.6) is 0 Å². The van der Waals surface area contributed by atoms with Gasteiger partial charge in [-0.05, 0) is 15.9 Å². The second-order valence-electron chi connectivity index (χ2n) is 3.67. The van der Waals surface area contributed by atoms with Gasteiger partial charge < -0.3 is 10.1 Å². The van der Waals surface area contributed by atoms with Crippen LogP contribution in [0.25, 0.3) is 10.9 Å². The molecule has 0 bridgehead atoms. The second-order valence-corrected chi connectivity index (χ2v) is 4.46. The SMILES string of the molecule is CNc1c(C(=O)OC)cnc2c(F)cc(F)c(Br)c12. The molecule has 0 radical (unpaired) electrons. The first-order valence-electron chi connectivity index (χ1n) is 5.23. The molecule has 0 amide bonds. The second kappa shape index (κ2) is 5.08. The van der Waals surface area contributed by atoms with Gasteiger partial charge >= 0.3 is 5.97 Å². The molecule has 0 saturated carbocycles. The van der Waals surface area contributed by atoms with Crippen LogP contribution in [0, 0.1) is 11.6 Å². The number of nitrogens with one attached hydrogen (secondary N) is 1. The molecule has 0 aliphatic heterocycles. The molecule has 4 nitrogen and oxygen atoms in total. The topological polar surface area (TPSA) is 51.2 Å². The standard InChI is InChI=1S/C12H9BrF2N2O2/c1-16-10-5(12(18)19-2)4-17-11-7(15)3-6(14)9(13)8(10)11/h3-4H,1-2H3,(H,16,17). The molecule has 1 aromatic heterocycles. The van der Waals surface area contributed by atoms with Gasteiger partial charge in [-0.25, -0.2) is 13.6 Å². The van der Waals surface area contributed by atoms with E-state index in [-0.39, 0.29) is 26.6 Å². The van der Waals surface area contributed by atoms with Crippen molar-refractivity contribution < 1.29 is 18.3 Å². The molecule has 7 heteroatoms. The summed E-state index contributed by atoms with van der Waals surface area (Å²) >= 11 is 3.04. The highest BCUT2D eigenvalue weighted by atomic mass is 79.9. The molecule has 19 heavy (non-hydrogen) atoms. The molecule has 0 fully saturated rings. The molecular formula is C12H9BrF2N2O2. The van der Waals surface area contributed by atoms with E-state index in [4.69, 9.17) is 0 Å². The van der Waals surface area contributed by atoms with E-state index in [2.05, 4.69) is 31.0 Å². The highest BCUT2D eigenvalue weighted by Gasteiger charge is 2.20. The number of hydrogen-bond donors (Lipinski definition) is 1. The highest BCUT2D eigenvalue weighted by Crippen LogP contribution is 2.35. The van der Waals surface area contributed by atoms with E-state index in [1.165, 1.54) is 20.4 Å². The van der Waals surface area contributed by atoms with Crippen molar-refractivity contribution in [2.75, 3.05) is 19.5 Å². The molecule has 2 aromatic rings. The summed E-state index contributed by atoms with van der Waals surface area (Å²) in [6.07, 6.45) is 1.19. The maximum atomic E-state index is 13.7. The van der Waals surface area contributed by atoms with Crippen molar-refractivity contribution in [2.45, 2.75) is 0 Å². The van der Waals surface area contributed by atoms with Crippen LogP contribution in [0.4, 0.5) is 14.5 Å². The Bertz CT molecular complexity index is 677.